The molecule has 136 valence electrons. The summed E-state index contributed by atoms with van der Waals surface area (Å²) < 4.78 is 18.3. The molecule has 0 bridgehead atoms. The molecule has 6 nitrogen and oxygen atoms in total. The molecule has 26 heavy (non-hydrogen) atoms. The Bertz CT molecular complexity index is 861. The van der Waals surface area contributed by atoms with E-state index in [4.69, 9.17) is 14.2 Å². The van der Waals surface area contributed by atoms with Gasteiger partial charge in [-0.3, -0.25) is 4.57 Å². The van der Waals surface area contributed by atoms with Crippen LogP contribution in [0, 0.1) is 0 Å². The maximum Gasteiger partial charge on any atom is 0.203 e. The van der Waals surface area contributed by atoms with Crippen molar-refractivity contribution < 1.29 is 14.2 Å². The molecule has 0 aliphatic heterocycles. The highest BCUT2D eigenvalue weighted by molar-refractivity contribution is 5.67. The molecular formula is C20H23N3O3. The van der Waals surface area contributed by atoms with Crippen LogP contribution in [0.15, 0.2) is 48.9 Å². The molecule has 0 radical (unpaired) electrons. The number of rotatable bonds is 6. The maximum absolute atomic E-state index is 5.46. The molecule has 0 saturated heterocycles. The molecule has 0 aliphatic carbocycles. The van der Waals surface area contributed by atoms with Gasteiger partial charge >= 0.3 is 0 Å². The normalized spacial score (nSPS) is 10.5. The summed E-state index contributed by atoms with van der Waals surface area (Å²) in [6.45, 7) is 0. The predicted molar refractivity (Wildman–Crippen MR) is 103 cm³/mol. The zero-order valence-electron chi connectivity index (χ0n) is 15.7. The van der Waals surface area contributed by atoms with Gasteiger partial charge < -0.3 is 19.1 Å². The van der Waals surface area contributed by atoms with Gasteiger partial charge in [-0.25, -0.2) is 4.98 Å². The number of benzene rings is 2. The molecule has 0 spiro atoms. The molecule has 3 aromatic rings. The SMILES string of the molecule is COc1cc(-n2cncc2-c2ccc(N(C)C)cc2)cc(OC)c1OC. The Labute approximate surface area is 153 Å². The fraction of sp³-hybridized carbons (Fsp3) is 0.250. The van der Waals surface area contributed by atoms with Gasteiger partial charge in [0, 0.05) is 37.5 Å². The van der Waals surface area contributed by atoms with E-state index in [1.54, 1.807) is 27.7 Å². The van der Waals surface area contributed by atoms with Crippen LogP contribution in [0.3, 0.4) is 0 Å². The van der Waals surface area contributed by atoms with E-state index < -0.39 is 0 Å². The Balaban J connectivity index is 2.08. The van der Waals surface area contributed by atoms with Gasteiger partial charge in [-0.2, -0.15) is 0 Å². The molecule has 0 fully saturated rings. The van der Waals surface area contributed by atoms with Crippen molar-refractivity contribution in [2.75, 3.05) is 40.3 Å². The van der Waals surface area contributed by atoms with Crippen LogP contribution in [0.1, 0.15) is 0 Å². The smallest absolute Gasteiger partial charge is 0.203 e. The predicted octanol–water partition coefficient (Wildman–Crippen LogP) is 3.63. The third-order valence-electron chi connectivity index (χ3n) is 4.25. The number of imidazole rings is 1. The summed E-state index contributed by atoms with van der Waals surface area (Å²) in [7, 11) is 8.85. The van der Waals surface area contributed by atoms with Gasteiger partial charge in [0.2, 0.25) is 5.75 Å². The van der Waals surface area contributed by atoms with Crippen LogP contribution in [0.25, 0.3) is 16.9 Å². The van der Waals surface area contributed by atoms with Crippen LogP contribution in [-0.2, 0) is 0 Å². The number of aromatic nitrogens is 2. The van der Waals surface area contributed by atoms with E-state index in [2.05, 4.69) is 34.1 Å². The molecule has 0 atom stereocenters. The third-order valence-corrected chi connectivity index (χ3v) is 4.25. The van der Waals surface area contributed by atoms with Crippen molar-refractivity contribution in [1.29, 1.82) is 0 Å². The van der Waals surface area contributed by atoms with E-state index in [0.717, 1.165) is 22.6 Å². The molecule has 0 unspecified atom stereocenters. The fourth-order valence-electron chi connectivity index (χ4n) is 2.85. The van der Waals surface area contributed by atoms with Crippen molar-refractivity contribution in [1.82, 2.24) is 9.55 Å². The van der Waals surface area contributed by atoms with E-state index in [9.17, 15) is 0 Å². The van der Waals surface area contributed by atoms with Crippen molar-refractivity contribution >= 4 is 5.69 Å². The minimum absolute atomic E-state index is 0.566. The topological polar surface area (TPSA) is 48.8 Å². The quantitative estimate of drug-likeness (QED) is 0.677. The highest BCUT2D eigenvalue weighted by Gasteiger charge is 2.16. The van der Waals surface area contributed by atoms with Gasteiger partial charge in [0.25, 0.3) is 0 Å². The van der Waals surface area contributed by atoms with Crippen molar-refractivity contribution in [3.05, 3.63) is 48.9 Å². The lowest BCUT2D eigenvalue weighted by atomic mass is 10.1. The Kier molecular flexibility index (Phi) is 5.02. The Hall–Kier alpha value is -3.15. The maximum atomic E-state index is 5.46. The first-order valence-electron chi connectivity index (χ1n) is 8.19. The minimum Gasteiger partial charge on any atom is -0.493 e. The van der Waals surface area contributed by atoms with Gasteiger partial charge in [-0.1, -0.05) is 12.1 Å². The summed E-state index contributed by atoms with van der Waals surface area (Å²) >= 11 is 0. The lowest BCUT2D eigenvalue weighted by Crippen LogP contribution is -2.08. The second-order valence-corrected chi connectivity index (χ2v) is 5.97. The van der Waals surface area contributed by atoms with Crippen molar-refractivity contribution in [2.24, 2.45) is 0 Å². The molecule has 6 heteroatoms. The highest BCUT2D eigenvalue weighted by atomic mass is 16.5. The standard InChI is InChI=1S/C20H23N3O3/c1-22(2)15-8-6-14(7-9-15)17-12-21-13-23(17)16-10-18(24-3)20(26-5)19(11-16)25-4/h6-13H,1-5H3. The summed E-state index contributed by atoms with van der Waals surface area (Å²) in [5.74, 6) is 1.77. The summed E-state index contributed by atoms with van der Waals surface area (Å²) in [6.07, 6.45) is 3.61. The summed E-state index contributed by atoms with van der Waals surface area (Å²) in [6, 6.07) is 12.1. The molecule has 0 aliphatic rings. The average Bonchev–Trinajstić information content (AvgIpc) is 3.16. The molecular weight excluding hydrogens is 330 g/mol. The molecule has 3 rings (SSSR count). The van der Waals surface area contributed by atoms with Gasteiger partial charge in [-0.15, -0.1) is 0 Å². The van der Waals surface area contributed by atoms with E-state index in [1.165, 1.54) is 0 Å². The molecule has 2 aromatic carbocycles. The van der Waals surface area contributed by atoms with Gasteiger partial charge in [-0.05, 0) is 12.1 Å². The molecule has 0 saturated carbocycles. The molecule has 1 heterocycles. The van der Waals surface area contributed by atoms with Crippen molar-refractivity contribution in [3.63, 3.8) is 0 Å². The second kappa shape index (κ2) is 7.39. The first kappa shape index (κ1) is 17.7. The molecule has 0 N–H and O–H groups in total. The number of ether oxygens (including phenoxy) is 3. The number of hydrogen-bond donors (Lipinski definition) is 0. The van der Waals surface area contributed by atoms with E-state index in [-0.39, 0.29) is 0 Å². The largest absolute Gasteiger partial charge is 0.493 e. The summed E-state index contributed by atoms with van der Waals surface area (Å²) in [5, 5.41) is 0. The molecule has 1 aromatic heterocycles. The first-order valence-corrected chi connectivity index (χ1v) is 8.19. The zero-order chi connectivity index (χ0) is 18.7. The summed E-state index contributed by atoms with van der Waals surface area (Å²) in [5.41, 5.74) is 4.07. The number of anilines is 1. The van der Waals surface area contributed by atoms with E-state index in [0.29, 0.717) is 17.2 Å². The van der Waals surface area contributed by atoms with Crippen molar-refractivity contribution in [2.45, 2.75) is 0 Å². The fourth-order valence-corrected chi connectivity index (χ4v) is 2.85. The average molecular weight is 353 g/mol. The van der Waals surface area contributed by atoms with E-state index in [1.807, 2.05) is 37.0 Å². The number of hydrogen-bond acceptors (Lipinski definition) is 5. The Morgan fingerprint density at radius 2 is 1.50 bits per heavy atom. The van der Waals surface area contributed by atoms with Gasteiger partial charge in [0.05, 0.1) is 45.2 Å². The van der Waals surface area contributed by atoms with Crippen LogP contribution in [0.2, 0.25) is 0 Å². The molecule has 0 amide bonds. The number of methoxy groups -OCH3 is 3. The number of nitrogens with zero attached hydrogens (tertiary/aromatic N) is 3. The van der Waals surface area contributed by atoms with Crippen LogP contribution in [0.4, 0.5) is 5.69 Å². The highest BCUT2D eigenvalue weighted by Crippen LogP contribution is 2.40. The zero-order valence-corrected chi connectivity index (χ0v) is 15.7. The van der Waals surface area contributed by atoms with Crippen molar-refractivity contribution in [3.8, 4) is 34.2 Å². The monoisotopic (exact) mass is 353 g/mol. The Morgan fingerprint density at radius 3 is 2.00 bits per heavy atom. The van der Waals surface area contributed by atoms with Crippen LogP contribution >= 0.6 is 0 Å². The third kappa shape index (κ3) is 3.18. The van der Waals surface area contributed by atoms with Crippen LogP contribution < -0.4 is 19.1 Å². The first-order chi connectivity index (χ1) is 12.6. The Morgan fingerprint density at radius 1 is 0.885 bits per heavy atom. The van der Waals surface area contributed by atoms with Crippen LogP contribution in [-0.4, -0.2) is 45.0 Å². The lowest BCUT2D eigenvalue weighted by molar-refractivity contribution is 0.324. The summed E-state index contributed by atoms with van der Waals surface area (Å²) in [4.78, 5) is 6.40. The van der Waals surface area contributed by atoms with Gasteiger partial charge in [0.15, 0.2) is 11.5 Å². The minimum atomic E-state index is 0.566. The van der Waals surface area contributed by atoms with Gasteiger partial charge in [0.1, 0.15) is 0 Å². The van der Waals surface area contributed by atoms with E-state index >= 15 is 0 Å². The second-order valence-electron chi connectivity index (χ2n) is 5.97. The van der Waals surface area contributed by atoms with Crippen LogP contribution in [0.5, 0.6) is 17.2 Å². The lowest BCUT2D eigenvalue weighted by Gasteiger charge is -2.16.